The van der Waals surface area contributed by atoms with Crippen molar-refractivity contribution < 1.29 is 4.79 Å². The Kier molecular flexibility index (Phi) is 5.60. The number of likely N-dealkylation sites (N-methyl/N-ethyl adjacent to an activating group) is 1. The summed E-state index contributed by atoms with van der Waals surface area (Å²) in [6.07, 6.45) is 7.35. The van der Waals surface area contributed by atoms with Gasteiger partial charge in [0.05, 0.1) is 5.92 Å². The van der Waals surface area contributed by atoms with Crippen molar-refractivity contribution in [1.29, 1.82) is 0 Å². The van der Waals surface area contributed by atoms with E-state index in [2.05, 4.69) is 0 Å². The second kappa shape index (κ2) is 7.44. The monoisotopic (exact) mass is 274 g/mol. The third kappa shape index (κ3) is 3.60. The second-order valence-corrected chi connectivity index (χ2v) is 5.79. The highest BCUT2D eigenvalue weighted by atomic mass is 16.2. The van der Waals surface area contributed by atoms with E-state index in [0.29, 0.717) is 12.6 Å². The largest absolute Gasteiger partial charge is 0.342 e. The van der Waals surface area contributed by atoms with Crippen molar-refractivity contribution in [2.24, 2.45) is 5.73 Å². The molecule has 1 amide bonds. The number of hydrogen-bond acceptors (Lipinski definition) is 2. The van der Waals surface area contributed by atoms with Crippen LogP contribution in [-0.2, 0) is 4.79 Å². The first-order chi connectivity index (χ1) is 9.74. The summed E-state index contributed by atoms with van der Waals surface area (Å²) in [4.78, 5) is 14.7. The fourth-order valence-electron chi connectivity index (χ4n) is 3.14. The maximum atomic E-state index is 12.7. The molecule has 0 saturated heterocycles. The lowest BCUT2D eigenvalue weighted by molar-refractivity contribution is -0.133. The van der Waals surface area contributed by atoms with Crippen LogP contribution < -0.4 is 5.73 Å². The number of amides is 1. The summed E-state index contributed by atoms with van der Waals surface area (Å²) in [6, 6.07) is 10.3. The maximum Gasteiger partial charge on any atom is 0.231 e. The number of nitrogens with two attached hydrogens (primary N) is 1. The zero-order valence-corrected chi connectivity index (χ0v) is 12.4. The van der Waals surface area contributed by atoms with E-state index < -0.39 is 0 Å². The van der Waals surface area contributed by atoms with Gasteiger partial charge in [-0.15, -0.1) is 0 Å². The molecule has 1 aromatic rings. The van der Waals surface area contributed by atoms with E-state index in [9.17, 15) is 4.79 Å². The molecule has 1 aromatic carbocycles. The zero-order valence-electron chi connectivity index (χ0n) is 12.4. The molecule has 0 heterocycles. The SMILES string of the molecule is CN(C(=O)C(CN)c1ccccc1)C1CCCCCC1. The standard InChI is InChI=1S/C17H26N2O/c1-19(15-11-7-2-3-8-12-15)17(20)16(13-18)14-9-5-4-6-10-14/h4-6,9-10,15-16H,2-3,7-8,11-13,18H2,1H3. The minimum absolute atomic E-state index is 0.172. The Morgan fingerprint density at radius 2 is 1.80 bits per heavy atom. The Balaban J connectivity index is 2.07. The molecule has 1 aliphatic rings. The third-order valence-corrected chi connectivity index (χ3v) is 4.46. The lowest BCUT2D eigenvalue weighted by atomic mass is 9.96. The van der Waals surface area contributed by atoms with E-state index in [4.69, 9.17) is 5.73 Å². The molecule has 0 spiro atoms. The van der Waals surface area contributed by atoms with E-state index >= 15 is 0 Å². The minimum Gasteiger partial charge on any atom is -0.342 e. The van der Waals surface area contributed by atoms with E-state index in [0.717, 1.165) is 18.4 Å². The van der Waals surface area contributed by atoms with Crippen LogP contribution in [0.3, 0.4) is 0 Å². The van der Waals surface area contributed by atoms with Gasteiger partial charge in [0.15, 0.2) is 0 Å². The summed E-state index contributed by atoms with van der Waals surface area (Å²) in [5, 5.41) is 0. The number of carbonyl (C=O) groups is 1. The van der Waals surface area contributed by atoms with Crippen LogP contribution in [0.5, 0.6) is 0 Å². The number of hydrogen-bond donors (Lipinski definition) is 1. The van der Waals surface area contributed by atoms with Gasteiger partial charge in [-0.1, -0.05) is 56.0 Å². The highest BCUT2D eigenvalue weighted by Gasteiger charge is 2.27. The first kappa shape index (κ1) is 15.0. The molecule has 1 atom stereocenters. The summed E-state index contributed by atoms with van der Waals surface area (Å²) in [5.41, 5.74) is 6.88. The van der Waals surface area contributed by atoms with Crippen LogP contribution in [-0.4, -0.2) is 30.4 Å². The first-order valence-electron chi connectivity index (χ1n) is 7.75. The maximum absolute atomic E-state index is 12.7. The molecule has 3 nitrogen and oxygen atoms in total. The van der Waals surface area contributed by atoms with Crippen molar-refractivity contribution in [1.82, 2.24) is 4.90 Å². The predicted octanol–water partition coefficient (Wildman–Crippen LogP) is 2.91. The van der Waals surface area contributed by atoms with Gasteiger partial charge in [-0.2, -0.15) is 0 Å². The molecule has 0 radical (unpaired) electrons. The molecule has 20 heavy (non-hydrogen) atoms. The minimum atomic E-state index is -0.204. The van der Waals surface area contributed by atoms with Gasteiger partial charge < -0.3 is 10.6 Å². The Hall–Kier alpha value is -1.35. The van der Waals surface area contributed by atoms with Crippen LogP contribution in [0.25, 0.3) is 0 Å². The molecule has 1 aliphatic carbocycles. The van der Waals surface area contributed by atoms with E-state index in [1.165, 1.54) is 25.7 Å². The molecule has 3 heteroatoms. The average Bonchev–Trinajstić information content (AvgIpc) is 2.77. The Labute approximate surface area is 122 Å². The molecule has 2 rings (SSSR count). The van der Waals surface area contributed by atoms with Gasteiger partial charge in [0.1, 0.15) is 0 Å². The van der Waals surface area contributed by atoms with Crippen molar-refractivity contribution in [3.63, 3.8) is 0 Å². The van der Waals surface area contributed by atoms with E-state index in [-0.39, 0.29) is 11.8 Å². The molecular weight excluding hydrogens is 248 g/mol. The van der Waals surface area contributed by atoms with Crippen LogP contribution in [0.2, 0.25) is 0 Å². The molecule has 2 N–H and O–H groups in total. The van der Waals surface area contributed by atoms with Gasteiger partial charge in [-0.3, -0.25) is 4.79 Å². The van der Waals surface area contributed by atoms with Crippen molar-refractivity contribution in [2.45, 2.75) is 50.5 Å². The second-order valence-electron chi connectivity index (χ2n) is 5.79. The normalized spacial score (nSPS) is 18.3. The third-order valence-electron chi connectivity index (χ3n) is 4.46. The number of benzene rings is 1. The summed E-state index contributed by atoms with van der Waals surface area (Å²) in [5.74, 6) is -0.0324. The molecular formula is C17H26N2O. The quantitative estimate of drug-likeness (QED) is 0.858. The number of nitrogens with zero attached hydrogens (tertiary/aromatic N) is 1. The molecule has 0 aliphatic heterocycles. The summed E-state index contributed by atoms with van der Waals surface area (Å²) in [7, 11) is 1.95. The highest BCUT2D eigenvalue weighted by molar-refractivity contribution is 5.84. The summed E-state index contributed by atoms with van der Waals surface area (Å²) in [6.45, 7) is 0.375. The fraction of sp³-hybridized carbons (Fsp3) is 0.588. The Bertz CT molecular complexity index is 410. The Morgan fingerprint density at radius 1 is 1.20 bits per heavy atom. The van der Waals surface area contributed by atoms with Crippen LogP contribution >= 0.6 is 0 Å². The lowest BCUT2D eigenvalue weighted by Crippen LogP contribution is -2.41. The zero-order chi connectivity index (χ0) is 14.4. The summed E-state index contributed by atoms with van der Waals surface area (Å²) >= 11 is 0. The van der Waals surface area contributed by atoms with E-state index in [1.54, 1.807) is 0 Å². The smallest absolute Gasteiger partial charge is 0.231 e. The van der Waals surface area contributed by atoms with Crippen molar-refractivity contribution in [3.8, 4) is 0 Å². The predicted molar refractivity (Wildman–Crippen MR) is 82.5 cm³/mol. The molecule has 1 saturated carbocycles. The van der Waals surface area contributed by atoms with Gasteiger partial charge in [-0.05, 0) is 18.4 Å². The topological polar surface area (TPSA) is 46.3 Å². The molecule has 1 fully saturated rings. The molecule has 1 unspecified atom stereocenters. The van der Waals surface area contributed by atoms with Gasteiger partial charge in [0.2, 0.25) is 5.91 Å². The summed E-state index contributed by atoms with van der Waals surface area (Å²) < 4.78 is 0. The van der Waals surface area contributed by atoms with Crippen LogP contribution in [0, 0.1) is 0 Å². The van der Waals surface area contributed by atoms with Crippen molar-refractivity contribution in [3.05, 3.63) is 35.9 Å². The van der Waals surface area contributed by atoms with Crippen molar-refractivity contribution in [2.75, 3.05) is 13.6 Å². The first-order valence-corrected chi connectivity index (χ1v) is 7.75. The number of carbonyl (C=O) groups excluding carboxylic acids is 1. The van der Waals surface area contributed by atoms with Gasteiger partial charge in [0, 0.05) is 19.6 Å². The van der Waals surface area contributed by atoms with Gasteiger partial charge >= 0.3 is 0 Å². The molecule has 0 bridgehead atoms. The van der Waals surface area contributed by atoms with Crippen LogP contribution in [0.15, 0.2) is 30.3 Å². The Morgan fingerprint density at radius 3 is 2.35 bits per heavy atom. The van der Waals surface area contributed by atoms with Crippen molar-refractivity contribution >= 4 is 5.91 Å². The van der Waals surface area contributed by atoms with E-state index in [1.807, 2.05) is 42.3 Å². The number of rotatable bonds is 4. The van der Waals surface area contributed by atoms with Gasteiger partial charge in [0.25, 0.3) is 0 Å². The van der Waals surface area contributed by atoms with Gasteiger partial charge in [-0.25, -0.2) is 0 Å². The van der Waals surface area contributed by atoms with Crippen LogP contribution in [0.1, 0.15) is 50.0 Å². The average molecular weight is 274 g/mol. The fourth-order valence-corrected chi connectivity index (χ4v) is 3.14. The lowest BCUT2D eigenvalue weighted by Gasteiger charge is -2.30. The van der Waals surface area contributed by atoms with Crippen LogP contribution in [0.4, 0.5) is 0 Å². The highest BCUT2D eigenvalue weighted by Crippen LogP contribution is 2.24. The molecule has 110 valence electrons. The molecule has 0 aromatic heterocycles.